The van der Waals surface area contributed by atoms with Gasteiger partial charge in [-0.2, -0.15) is 22.0 Å². The summed E-state index contributed by atoms with van der Waals surface area (Å²) in [5.74, 6) is -13.4. The highest BCUT2D eigenvalue weighted by molar-refractivity contribution is 5.25. The smallest absolute Gasteiger partial charge is 0.376 e. The van der Waals surface area contributed by atoms with Crippen LogP contribution in [0.4, 0.5) is 35.1 Å². The lowest BCUT2D eigenvalue weighted by atomic mass is 9.68. The molecule has 9 heteroatoms. The van der Waals surface area contributed by atoms with Crippen molar-refractivity contribution in [2.75, 3.05) is 0 Å². The molecule has 1 rings (SSSR count). The predicted octanol–water partition coefficient (Wildman–Crippen LogP) is 6.15. The Hall–Kier alpha value is -0.600. The van der Waals surface area contributed by atoms with E-state index in [0.717, 1.165) is 13.8 Å². The Morgan fingerprint density at radius 2 is 1.50 bits per heavy atom. The van der Waals surface area contributed by atoms with Crippen LogP contribution in [0.3, 0.4) is 0 Å². The van der Waals surface area contributed by atoms with E-state index in [2.05, 4.69) is 0 Å². The van der Waals surface area contributed by atoms with Gasteiger partial charge >= 0.3 is 12.1 Å². The second-order valence-electron chi connectivity index (χ2n) is 8.11. The number of aliphatic hydroxyl groups is 1. The molecule has 0 saturated heterocycles. The molecule has 1 saturated carbocycles. The van der Waals surface area contributed by atoms with Crippen LogP contribution in [0.2, 0.25) is 0 Å². The summed E-state index contributed by atoms with van der Waals surface area (Å²) in [4.78, 5) is 0. The summed E-state index contributed by atoms with van der Waals surface area (Å²) in [6.45, 7) is 5.91. The highest BCUT2D eigenvalue weighted by Crippen LogP contribution is 2.69. The fourth-order valence-electron chi connectivity index (χ4n) is 3.54. The van der Waals surface area contributed by atoms with E-state index in [0.29, 0.717) is 0 Å². The topological polar surface area (TPSA) is 20.2 Å². The molecule has 0 aromatic rings. The van der Waals surface area contributed by atoms with Gasteiger partial charge in [0.1, 0.15) is 0 Å². The van der Waals surface area contributed by atoms with Crippen molar-refractivity contribution in [3.8, 4) is 0 Å². The first-order valence-corrected chi connectivity index (χ1v) is 8.61. The average molecular weight is 398 g/mol. The van der Waals surface area contributed by atoms with E-state index in [1.807, 2.05) is 0 Å². The van der Waals surface area contributed by atoms with E-state index >= 15 is 4.39 Å². The highest BCUT2D eigenvalue weighted by Gasteiger charge is 2.90. The molecule has 0 amide bonds. The van der Waals surface area contributed by atoms with Crippen LogP contribution >= 0.6 is 0 Å². The first kappa shape index (κ1) is 23.4. The van der Waals surface area contributed by atoms with Gasteiger partial charge in [0.2, 0.25) is 11.3 Å². The van der Waals surface area contributed by atoms with E-state index < -0.39 is 65.8 Å². The fourth-order valence-corrected chi connectivity index (χ4v) is 3.54. The van der Waals surface area contributed by atoms with Crippen LogP contribution < -0.4 is 0 Å². The third kappa shape index (κ3) is 2.83. The van der Waals surface area contributed by atoms with E-state index in [-0.39, 0.29) is 6.42 Å². The zero-order chi connectivity index (χ0) is 21.0. The molecule has 0 spiro atoms. The SMILES string of the molecule is CCC(C)CC1CC(O)(C(F)(F)F)C(F)(F)C1(F)C(F)(F)C(C)(C)CC. The molecule has 1 fully saturated rings. The molecule has 1 aliphatic rings. The van der Waals surface area contributed by atoms with Gasteiger partial charge in [0.15, 0.2) is 0 Å². The van der Waals surface area contributed by atoms with Crippen LogP contribution in [0.1, 0.15) is 60.3 Å². The molecule has 0 bridgehead atoms. The molecular formula is C17H26F8O. The molecule has 1 aliphatic carbocycles. The van der Waals surface area contributed by atoms with Crippen LogP contribution in [0.25, 0.3) is 0 Å². The molecule has 0 aromatic carbocycles. The Balaban J connectivity index is 3.70. The van der Waals surface area contributed by atoms with Gasteiger partial charge < -0.3 is 5.11 Å². The minimum Gasteiger partial charge on any atom is -0.376 e. The molecule has 156 valence electrons. The Labute approximate surface area is 148 Å². The number of rotatable bonds is 6. The lowest BCUT2D eigenvalue weighted by Gasteiger charge is -2.47. The van der Waals surface area contributed by atoms with E-state index in [4.69, 9.17) is 0 Å². The van der Waals surface area contributed by atoms with Gasteiger partial charge in [-0.1, -0.05) is 41.0 Å². The van der Waals surface area contributed by atoms with Gasteiger partial charge in [0.05, 0.1) is 0 Å². The quantitative estimate of drug-likeness (QED) is 0.532. The maximum absolute atomic E-state index is 15.6. The van der Waals surface area contributed by atoms with E-state index in [1.165, 1.54) is 13.8 Å². The maximum atomic E-state index is 15.6. The second-order valence-corrected chi connectivity index (χ2v) is 8.11. The lowest BCUT2D eigenvalue weighted by Crippen LogP contribution is -2.69. The van der Waals surface area contributed by atoms with Crippen molar-refractivity contribution in [1.29, 1.82) is 0 Å². The molecule has 1 nitrogen and oxygen atoms in total. The Bertz CT molecular complexity index is 515. The number of halogens is 8. The van der Waals surface area contributed by atoms with Crippen LogP contribution in [-0.4, -0.2) is 34.4 Å². The summed E-state index contributed by atoms with van der Waals surface area (Å²) in [6, 6.07) is 0. The maximum Gasteiger partial charge on any atom is 0.423 e. The molecule has 26 heavy (non-hydrogen) atoms. The van der Waals surface area contributed by atoms with Crippen LogP contribution in [0.5, 0.6) is 0 Å². The molecule has 4 atom stereocenters. The Morgan fingerprint density at radius 1 is 1.04 bits per heavy atom. The Morgan fingerprint density at radius 3 is 1.85 bits per heavy atom. The van der Waals surface area contributed by atoms with Gasteiger partial charge in [0, 0.05) is 11.3 Å². The summed E-state index contributed by atoms with van der Waals surface area (Å²) in [7, 11) is 0. The van der Waals surface area contributed by atoms with Crippen LogP contribution in [0.15, 0.2) is 0 Å². The molecule has 0 radical (unpaired) electrons. The fraction of sp³-hybridized carbons (Fsp3) is 1.00. The summed E-state index contributed by atoms with van der Waals surface area (Å²) in [5, 5.41) is 9.70. The van der Waals surface area contributed by atoms with Crippen molar-refractivity contribution < 1.29 is 40.2 Å². The number of alkyl halides is 8. The minimum atomic E-state index is -5.95. The molecular weight excluding hydrogens is 372 g/mol. The highest BCUT2D eigenvalue weighted by atomic mass is 19.4. The molecule has 4 unspecified atom stereocenters. The summed E-state index contributed by atoms with van der Waals surface area (Å²) < 4.78 is 115. The Kier molecular flexibility index (Phi) is 5.84. The first-order valence-electron chi connectivity index (χ1n) is 8.61. The molecule has 0 aliphatic heterocycles. The third-order valence-corrected chi connectivity index (χ3v) is 6.12. The van der Waals surface area contributed by atoms with Crippen molar-refractivity contribution in [1.82, 2.24) is 0 Å². The van der Waals surface area contributed by atoms with E-state index in [9.17, 15) is 35.8 Å². The molecule has 0 aromatic heterocycles. The van der Waals surface area contributed by atoms with Crippen molar-refractivity contribution in [3.05, 3.63) is 0 Å². The van der Waals surface area contributed by atoms with Crippen molar-refractivity contribution in [2.24, 2.45) is 17.3 Å². The van der Waals surface area contributed by atoms with Crippen molar-refractivity contribution in [2.45, 2.75) is 89.6 Å². The standard InChI is InChI=1S/C17H26F8O/c1-6-10(3)8-11-9-13(26,17(23,24)25)16(21,22)14(11,18)15(19,20)12(4,5)7-2/h10-11,26H,6-9H2,1-5H3. The monoisotopic (exact) mass is 398 g/mol. The van der Waals surface area contributed by atoms with Crippen LogP contribution in [-0.2, 0) is 0 Å². The number of hydrogen-bond acceptors (Lipinski definition) is 1. The average Bonchev–Trinajstić information content (AvgIpc) is 2.66. The minimum absolute atomic E-state index is 0.283. The largest absolute Gasteiger partial charge is 0.423 e. The second kappa shape index (κ2) is 6.48. The third-order valence-electron chi connectivity index (χ3n) is 6.12. The first-order chi connectivity index (χ1) is 11.4. The summed E-state index contributed by atoms with van der Waals surface area (Å²) in [5.41, 5.74) is -12.0. The predicted molar refractivity (Wildman–Crippen MR) is 81.0 cm³/mol. The van der Waals surface area contributed by atoms with Gasteiger partial charge in [-0.05, 0) is 25.2 Å². The number of hydrogen-bond donors (Lipinski definition) is 1. The van der Waals surface area contributed by atoms with Gasteiger partial charge in [0.25, 0.3) is 5.92 Å². The van der Waals surface area contributed by atoms with Gasteiger partial charge in [-0.15, -0.1) is 0 Å². The van der Waals surface area contributed by atoms with Crippen LogP contribution in [0, 0.1) is 17.3 Å². The van der Waals surface area contributed by atoms with Crippen molar-refractivity contribution in [3.63, 3.8) is 0 Å². The lowest BCUT2D eigenvalue weighted by molar-refractivity contribution is -0.365. The zero-order valence-corrected chi connectivity index (χ0v) is 15.5. The molecule has 0 heterocycles. The zero-order valence-electron chi connectivity index (χ0n) is 15.5. The summed E-state index contributed by atoms with van der Waals surface area (Å²) >= 11 is 0. The summed E-state index contributed by atoms with van der Waals surface area (Å²) in [6.07, 6.45) is -8.53. The van der Waals surface area contributed by atoms with E-state index in [1.54, 1.807) is 6.92 Å². The van der Waals surface area contributed by atoms with Crippen molar-refractivity contribution >= 4 is 0 Å². The normalized spacial score (nSPS) is 34.2. The molecule has 1 N–H and O–H groups in total. The van der Waals surface area contributed by atoms with Gasteiger partial charge in [-0.3, -0.25) is 0 Å². The van der Waals surface area contributed by atoms with Gasteiger partial charge in [-0.25, -0.2) is 13.2 Å².